The first-order chi connectivity index (χ1) is 9.44. The van der Waals surface area contributed by atoms with Crippen molar-refractivity contribution in [2.75, 3.05) is 12.3 Å². The van der Waals surface area contributed by atoms with Crippen molar-refractivity contribution in [3.8, 4) is 0 Å². The lowest BCUT2D eigenvalue weighted by atomic mass is 10.1. The molecule has 0 saturated heterocycles. The highest BCUT2D eigenvalue weighted by atomic mass is 32.2. The van der Waals surface area contributed by atoms with Gasteiger partial charge in [0.05, 0.1) is 5.75 Å². The molecule has 1 aliphatic rings. The van der Waals surface area contributed by atoms with E-state index in [2.05, 4.69) is 5.32 Å². The fraction of sp³-hybridized carbons (Fsp3) is 0.357. The summed E-state index contributed by atoms with van der Waals surface area (Å²) in [6.07, 6.45) is 2.36. The van der Waals surface area contributed by atoms with E-state index in [1.54, 1.807) is 18.2 Å². The Kier molecular flexibility index (Phi) is 4.54. The van der Waals surface area contributed by atoms with Gasteiger partial charge in [-0.1, -0.05) is 18.2 Å². The topological polar surface area (TPSA) is 63.2 Å². The van der Waals surface area contributed by atoms with Crippen LogP contribution in [-0.2, 0) is 21.1 Å². The number of benzene rings is 1. The molecule has 108 valence electrons. The molecule has 1 atom stereocenters. The highest BCUT2D eigenvalue weighted by Crippen LogP contribution is 2.17. The number of carbonyl (C=O) groups is 1. The second-order valence-corrected chi connectivity index (χ2v) is 6.78. The van der Waals surface area contributed by atoms with Gasteiger partial charge in [-0.2, -0.15) is 0 Å². The molecule has 0 bridgehead atoms. The Morgan fingerprint density at radius 3 is 2.60 bits per heavy atom. The lowest BCUT2D eigenvalue weighted by Crippen LogP contribution is -2.27. The Labute approximate surface area is 117 Å². The van der Waals surface area contributed by atoms with Gasteiger partial charge >= 0.3 is 0 Å². The van der Waals surface area contributed by atoms with Gasteiger partial charge in [0, 0.05) is 24.3 Å². The predicted octanol–water partition coefficient (Wildman–Crippen LogP) is 1.43. The van der Waals surface area contributed by atoms with Gasteiger partial charge in [0.25, 0.3) is 0 Å². The van der Waals surface area contributed by atoms with Gasteiger partial charge in [-0.25, -0.2) is 12.8 Å². The van der Waals surface area contributed by atoms with Crippen molar-refractivity contribution in [1.29, 1.82) is 0 Å². The normalized spacial score (nSPS) is 19.9. The standard InChI is InChI=1S/C14H16FNO3S/c15-13-3-1-11(2-4-13)5-7-16-14(17)9-12-6-8-20(18,19)10-12/h1-4,6,8,12H,5,7,9-10H2,(H,16,17)/t12-/m0/s1. The second kappa shape index (κ2) is 6.17. The van der Waals surface area contributed by atoms with Crippen LogP contribution < -0.4 is 5.32 Å². The zero-order chi connectivity index (χ0) is 14.6. The average molecular weight is 297 g/mol. The number of amides is 1. The quantitative estimate of drug-likeness (QED) is 0.894. The Morgan fingerprint density at radius 2 is 2.00 bits per heavy atom. The third-order valence-electron chi connectivity index (χ3n) is 3.10. The second-order valence-electron chi connectivity index (χ2n) is 4.85. The number of hydrogen-bond donors (Lipinski definition) is 1. The van der Waals surface area contributed by atoms with E-state index in [4.69, 9.17) is 0 Å². The zero-order valence-electron chi connectivity index (χ0n) is 10.9. The number of allylic oxidation sites excluding steroid dienone is 1. The van der Waals surface area contributed by atoms with E-state index >= 15 is 0 Å². The molecular weight excluding hydrogens is 281 g/mol. The first kappa shape index (κ1) is 14.7. The summed E-state index contributed by atoms with van der Waals surface area (Å²) in [6, 6.07) is 6.11. The summed E-state index contributed by atoms with van der Waals surface area (Å²) >= 11 is 0. The summed E-state index contributed by atoms with van der Waals surface area (Å²) in [5, 5.41) is 3.91. The van der Waals surface area contributed by atoms with E-state index < -0.39 is 9.84 Å². The van der Waals surface area contributed by atoms with Gasteiger partial charge in [0.1, 0.15) is 5.82 Å². The largest absolute Gasteiger partial charge is 0.356 e. The maximum absolute atomic E-state index is 12.7. The average Bonchev–Trinajstić information content (AvgIpc) is 2.71. The number of hydrogen-bond acceptors (Lipinski definition) is 3. The third kappa shape index (κ3) is 4.45. The number of rotatable bonds is 5. The van der Waals surface area contributed by atoms with Gasteiger partial charge < -0.3 is 5.32 Å². The third-order valence-corrected chi connectivity index (χ3v) is 4.57. The van der Waals surface area contributed by atoms with Crippen LogP contribution in [0.5, 0.6) is 0 Å². The van der Waals surface area contributed by atoms with Crippen LogP contribution in [-0.4, -0.2) is 26.6 Å². The zero-order valence-corrected chi connectivity index (χ0v) is 11.7. The molecule has 0 spiro atoms. The van der Waals surface area contributed by atoms with E-state index in [-0.39, 0.29) is 29.8 Å². The van der Waals surface area contributed by atoms with E-state index in [9.17, 15) is 17.6 Å². The van der Waals surface area contributed by atoms with Crippen LogP contribution >= 0.6 is 0 Å². The Balaban J connectivity index is 1.71. The molecule has 1 N–H and O–H groups in total. The summed E-state index contributed by atoms with van der Waals surface area (Å²) in [5.41, 5.74) is 0.940. The molecule has 0 aromatic heterocycles. The molecule has 0 radical (unpaired) electrons. The van der Waals surface area contributed by atoms with Gasteiger partial charge in [0.2, 0.25) is 5.91 Å². The minimum Gasteiger partial charge on any atom is -0.356 e. The summed E-state index contributed by atoms with van der Waals surface area (Å²) in [7, 11) is -3.10. The molecule has 4 nitrogen and oxygen atoms in total. The van der Waals surface area contributed by atoms with E-state index in [1.165, 1.54) is 17.5 Å². The first-order valence-electron chi connectivity index (χ1n) is 6.37. The first-order valence-corrected chi connectivity index (χ1v) is 8.08. The molecule has 6 heteroatoms. The van der Waals surface area contributed by atoms with Gasteiger partial charge in [0.15, 0.2) is 9.84 Å². The van der Waals surface area contributed by atoms with Crippen molar-refractivity contribution in [2.45, 2.75) is 12.8 Å². The lowest BCUT2D eigenvalue weighted by Gasteiger charge is -2.08. The molecule has 0 saturated carbocycles. The van der Waals surface area contributed by atoms with Crippen LogP contribution in [0, 0.1) is 11.7 Å². The SMILES string of the molecule is O=C(C[C@@H]1C=CS(=O)(=O)C1)NCCc1ccc(F)cc1. The molecule has 1 amide bonds. The van der Waals surface area contributed by atoms with Crippen molar-refractivity contribution >= 4 is 15.7 Å². The van der Waals surface area contributed by atoms with Crippen LogP contribution in [0.15, 0.2) is 35.7 Å². The summed E-state index contributed by atoms with van der Waals surface area (Å²) < 4.78 is 35.1. The smallest absolute Gasteiger partial charge is 0.220 e. The summed E-state index contributed by atoms with van der Waals surface area (Å²) in [4.78, 5) is 11.7. The van der Waals surface area contributed by atoms with Crippen molar-refractivity contribution in [1.82, 2.24) is 5.32 Å². The van der Waals surface area contributed by atoms with Gasteiger partial charge in [-0.3, -0.25) is 4.79 Å². The fourth-order valence-corrected chi connectivity index (χ4v) is 3.47. The van der Waals surface area contributed by atoms with Crippen LogP contribution in [0.1, 0.15) is 12.0 Å². The number of sulfone groups is 1. The highest BCUT2D eigenvalue weighted by Gasteiger charge is 2.23. The van der Waals surface area contributed by atoms with E-state index in [0.717, 1.165) is 5.56 Å². The Bertz CT molecular complexity index is 608. The maximum atomic E-state index is 12.7. The van der Waals surface area contributed by atoms with E-state index in [0.29, 0.717) is 13.0 Å². The van der Waals surface area contributed by atoms with Crippen LogP contribution in [0.3, 0.4) is 0 Å². The van der Waals surface area contributed by atoms with Crippen molar-refractivity contribution in [3.63, 3.8) is 0 Å². The summed E-state index contributed by atoms with van der Waals surface area (Å²) in [6.45, 7) is 0.452. The fourth-order valence-electron chi connectivity index (χ4n) is 2.07. The predicted molar refractivity (Wildman–Crippen MR) is 74.1 cm³/mol. The minimum absolute atomic E-state index is 0.0123. The molecule has 1 aliphatic heterocycles. The highest BCUT2D eigenvalue weighted by molar-refractivity contribution is 7.94. The molecule has 0 fully saturated rings. The van der Waals surface area contributed by atoms with Crippen molar-refractivity contribution < 1.29 is 17.6 Å². The van der Waals surface area contributed by atoms with Crippen molar-refractivity contribution in [2.24, 2.45) is 5.92 Å². The monoisotopic (exact) mass is 297 g/mol. The molecule has 1 heterocycles. The Hall–Kier alpha value is -1.69. The van der Waals surface area contributed by atoms with Gasteiger partial charge in [-0.15, -0.1) is 0 Å². The molecule has 0 aliphatic carbocycles. The van der Waals surface area contributed by atoms with Crippen LogP contribution in [0.25, 0.3) is 0 Å². The van der Waals surface area contributed by atoms with Crippen LogP contribution in [0.2, 0.25) is 0 Å². The molecule has 1 aromatic carbocycles. The van der Waals surface area contributed by atoms with Crippen LogP contribution in [0.4, 0.5) is 4.39 Å². The van der Waals surface area contributed by atoms with Gasteiger partial charge in [-0.05, 0) is 24.1 Å². The Morgan fingerprint density at radius 1 is 1.30 bits per heavy atom. The molecule has 2 rings (SSSR count). The van der Waals surface area contributed by atoms with E-state index in [1.807, 2.05) is 0 Å². The molecule has 20 heavy (non-hydrogen) atoms. The molecule has 1 aromatic rings. The lowest BCUT2D eigenvalue weighted by molar-refractivity contribution is -0.121. The molecular formula is C14H16FNO3S. The maximum Gasteiger partial charge on any atom is 0.220 e. The number of carbonyl (C=O) groups excluding carboxylic acids is 1. The minimum atomic E-state index is -3.10. The summed E-state index contributed by atoms with van der Waals surface area (Å²) in [5.74, 6) is -0.671. The van der Waals surface area contributed by atoms with Crippen molar-refractivity contribution in [3.05, 3.63) is 47.1 Å². The molecule has 0 unspecified atom stereocenters. The number of halogens is 1. The number of nitrogens with one attached hydrogen (secondary N) is 1.